The highest BCUT2D eigenvalue weighted by atomic mass is 28.4. The number of ether oxygens (including phenoxy) is 2. The van der Waals surface area contributed by atoms with Gasteiger partial charge < -0.3 is 13.9 Å². The molecule has 1 aliphatic heterocycles. The monoisotopic (exact) mass is 258 g/mol. The molecule has 1 saturated heterocycles. The highest BCUT2D eigenvalue weighted by molar-refractivity contribution is 6.74. The van der Waals surface area contributed by atoms with Crippen LogP contribution in [0.4, 0.5) is 0 Å². The molecule has 0 N–H and O–H groups in total. The van der Waals surface area contributed by atoms with E-state index in [0.717, 1.165) is 0 Å². The first-order valence-corrected chi connectivity index (χ1v) is 9.17. The van der Waals surface area contributed by atoms with E-state index in [2.05, 4.69) is 40.4 Å². The van der Waals surface area contributed by atoms with Gasteiger partial charge in [0.15, 0.2) is 8.32 Å². The Morgan fingerprint density at radius 1 is 1.29 bits per heavy atom. The number of hydrogen-bond donors (Lipinski definition) is 0. The van der Waals surface area contributed by atoms with Crippen LogP contribution in [0.1, 0.15) is 20.8 Å². The average Bonchev–Trinajstić information content (AvgIpc) is 2.25. The van der Waals surface area contributed by atoms with E-state index in [1.807, 2.05) is 0 Å². The molecule has 2 atom stereocenters. The summed E-state index contributed by atoms with van der Waals surface area (Å²) in [5.74, 6) is 0. The van der Waals surface area contributed by atoms with Gasteiger partial charge in [0.25, 0.3) is 0 Å². The zero-order valence-electron chi connectivity index (χ0n) is 11.8. The molecule has 0 saturated carbocycles. The van der Waals surface area contributed by atoms with Crippen LogP contribution in [0.25, 0.3) is 0 Å². The highest BCUT2D eigenvalue weighted by Gasteiger charge is 2.38. The first-order chi connectivity index (χ1) is 7.76. The second-order valence-corrected chi connectivity index (χ2v) is 10.9. The van der Waals surface area contributed by atoms with Gasteiger partial charge in [-0.05, 0) is 18.1 Å². The molecule has 4 heteroatoms. The molecule has 0 bridgehead atoms. The third-order valence-corrected chi connectivity index (χ3v) is 8.19. The lowest BCUT2D eigenvalue weighted by Crippen LogP contribution is -2.45. The Kier molecular flexibility index (Phi) is 4.95. The molecule has 0 aromatic heterocycles. The average molecular weight is 258 g/mol. The van der Waals surface area contributed by atoms with Crippen LogP contribution in [0, 0.1) is 0 Å². The van der Waals surface area contributed by atoms with Crippen molar-refractivity contribution >= 4 is 8.32 Å². The van der Waals surface area contributed by atoms with Gasteiger partial charge in [-0.3, -0.25) is 0 Å². The van der Waals surface area contributed by atoms with E-state index in [1.54, 1.807) is 6.08 Å². The van der Waals surface area contributed by atoms with E-state index in [-0.39, 0.29) is 17.2 Å². The van der Waals surface area contributed by atoms with Gasteiger partial charge in [0, 0.05) is 0 Å². The second kappa shape index (κ2) is 5.65. The van der Waals surface area contributed by atoms with E-state index in [0.29, 0.717) is 19.8 Å². The fourth-order valence-electron chi connectivity index (χ4n) is 1.31. The Hall–Kier alpha value is -0.163. The second-order valence-electron chi connectivity index (χ2n) is 6.13. The van der Waals surface area contributed by atoms with Gasteiger partial charge >= 0.3 is 0 Å². The van der Waals surface area contributed by atoms with Gasteiger partial charge in [-0.25, -0.2) is 0 Å². The zero-order valence-corrected chi connectivity index (χ0v) is 12.8. The van der Waals surface area contributed by atoms with Crippen molar-refractivity contribution in [2.45, 2.75) is 51.1 Å². The summed E-state index contributed by atoms with van der Waals surface area (Å²) in [5.41, 5.74) is 0. The maximum atomic E-state index is 6.11. The van der Waals surface area contributed by atoms with Crippen molar-refractivity contribution in [3.05, 3.63) is 12.7 Å². The summed E-state index contributed by atoms with van der Waals surface area (Å²) in [6.45, 7) is 16.8. The molecule has 3 nitrogen and oxygen atoms in total. The zero-order chi connectivity index (χ0) is 13.1. The molecular formula is C13H26O3Si. The van der Waals surface area contributed by atoms with E-state index < -0.39 is 8.32 Å². The molecule has 1 aliphatic rings. The van der Waals surface area contributed by atoms with Crippen molar-refractivity contribution in [3.8, 4) is 0 Å². The predicted molar refractivity (Wildman–Crippen MR) is 72.8 cm³/mol. The molecule has 17 heavy (non-hydrogen) atoms. The van der Waals surface area contributed by atoms with Gasteiger partial charge in [0.1, 0.15) is 6.10 Å². The van der Waals surface area contributed by atoms with E-state index in [1.165, 1.54) is 0 Å². The fraction of sp³-hybridized carbons (Fsp3) is 0.846. The highest BCUT2D eigenvalue weighted by Crippen LogP contribution is 2.36. The first kappa shape index (κ1) is 14.9. The van der Waals surface area contributed by atoms with Crippen molar-refractivity contribution in [3.63, 3.8) is 0 Å². The topological polar surface area (TPSA) is 27.7 Å². The van der Waals surface area contributed by atoms with Gasteiger partial charge in [-0.1, -0.05) is 26.8 Å². The lowest BCUT2D eigenvalue weighted by atomic mass is 10.2. The summed E-state index contributed by atoms with van der Waals surface area (Å²) in [7, 11) is -1.67. The summed E-state index contributed by atoms with van der Waals surface area (Å²) in [6, 6.07) is 0. The molecule has 1 fully saturated rings. The van der Waals surface area contributed by atoms with Gasteiger partial charge in [0.05, 0.1) is 25.9 Å². The molecule has 0 unspecified atom stereocenters. The number of hydrogen-bond acceptors (Lipinski definition) is 3. The van der Waals surface area contributed by atoms with Crippen molar-refractivity contribution < 1.29 is 13.9 Å². The Labute approximate surface area is 106 Å². The molecule has 0 radical (unpaired) electrons. The van der Waals surface area contributed by atoms with Crippen LogP contribution >= 0.6 is 0 Å². The predicted octanol–water partition coefficient (Wildman–Crippen LogP) is 2.98. The van der Waals surface area contributed by atoms with Crippen molar-refractivity contribution in [1.82, 2.24) is 0 Å². The van der Waals surface area contributed by atoms with E-state index in [4.69, 9.17) is 13.9 Å². The summed E-state index contributed by atoms with van der Waals surface area (Å²) in [4.78, 5) is 0. The van der Waals surface area contributed by atoms with Crippen LogP contribution in [0.3, 0.4) is 0 Å². The molecule has 1 rings (SSSR count). The minimum Gasteiger partial charge on any atom is -0.414 e. The van der Waals surface area contributed by atoms with Crippen LogP contribution in [0.5, 0.6) is 0 Å². The normalized spacial score (nSPS) is 26.9. The molecule has 1 heterocycles. The quantitative estimate of drug-likeness (QED) is 0.573. The SMILES string of the molecule is C=C[C@H]1CO[C@H](CO[Si](C)(C)C(C)(C)C)CO1. The van der Waals surface area contributed by atoms with Crippen molar-refractivity contribution in [2.75, 3.05) is 19.8 Å². The minimum atomic E-state index is -1.67. The maximum Gasteiger partial charge on any atom is 0.192 e. The van der Waals surface area contributed by atoms with Crippen molar-refractivity contribution in [1.29, 1.82) is 0 Å². The Morgan fingerprint density at radius 3 is 2.35 bits per heavy atom. The largest absolute Gasteiger partial charge is 0.414 e. The summed E-state index contributed by atoms with van der Waals surface area (Å²) in [6.07, 6.45) is 1.89. The number of rotatable bonds is 4. The minimum absolute atomic E-state index is 0.0409. The molecule has 0 aromatic rings. The standard InChI is InChI=1S/C13H26O3Si/c1-7-11-8-15-12(9-14-11)10-16-17(5,6)13(2,3)4/h7,11-12H,1,8-10H2,2-6H3/t11-,12-/m0/s1. The van der Waals surface area contributed by atoms with Crippen LogP contribution in [0.15, 0.2) is 12.7 Å². The van der Waals surface area contributed by atoms with E-state index >= 15 is 0 Å². The lowest BCUT2D eigenvalue weighted by molar-refractivity contribution is -0.128. The smallest absolute Gasteiger partial charge is 0.192 e. The Morgan fingerprint density at radius 2 is 1.94 bits per heavy atom. The molecular weight excluding hydrogens is 232 g/mol. The van der Waals surface area contributed by atoms with Crippen LogP contribution in [-0.2, 0) is 13.9 Å². The molecule has 0 aromatic carbocycles. The van der Waals surface area contributed by atoms with Crippen LogP contribution in [-0.4, -0.2) is 40.3 Å². The van der Waals surface area contributed by atoms with Crippen molar-refractivity contribution in [2.24, 2.45) is 0 Å². The third kappa shape index (κ3) is 4.21. The van der Waals surface area contributed by atoms with Crippen LogP contribution in [0.2, 0.25) is 18.1 Å². The van der Waals surface area contributed by atoms with Gasteiger partial charge in [-0.2, -0.15) is 0 Å². The van der Waals surface area contributed by atoms with E-state index in [9.17, 15) is 0 Å². The third-order valence-electron chi connectivity index (χ3n) is 3.69. The molecule has 100 valence electrons. The summed E-state index contributed by atoms with van der Waals surface area (Å²) in [5, 5.41) is 0.242. The Bertz CT molecular complexity index is 250. The lowest BCUT2D eigenvalue weighted by Gasteiger charge is -2.38. The maximum absolute atomic E-state index is 6.11. The van der Waals surface area contributed by atoms with Gasteiger partial charge in [0.2, 0.25) is 0 Å². The fourth-order valence-corrected chi connectivity index (χ4v) is 2.34. The molecule has 0 spiro atoms. The Balaban J connectivity index is 2.35. The molecule has 0 amide bonds. The van der Waals surface area contributed by atoms with Gasteiger partial charge in [-0.15, -0.1) is 6.58 Å². The molecule has 0 aliphatic carbocycles. The first-order valence-electron chi connectivity index (χ1n) is 6.26. The van der Waals surface area contributed by atoms with Crippen LogP contribution < -0.4 is 0 Å². The summed E-state index contributed by atoms with van der Waals surface area (Å²) >= 11 is 0. The summed E-state index contributed by atoms with van der Waals surface area (Å²) < 4.78 is 17.4.